The molecule has 0 fully saturated rings. The second-order valence-electron chi connectivity index (χ2n) is 4.64. The van der Waals surface area contributed by atoms with Gasteiger partial charge in [-0.25, -0.2) is 0 Å². The molecule has 0 radical (unpaired) electrons. The highest BCUT2D eigenvalue weighted by Gasteiger charge is 2.21. The predicted molar refractivity (Wildman–Crippen MR) is 71.1 cm³/mol. The van der Waals surface area contributed by atoms with Crippen LogP contribution in [-0.2, 0) is 11.2 Å². The van der Waals surface area contributed by atoms with Crippen molar-refractivity contribution in [3.05, 3.63) is 23.8 Å². The number of nitrogens with zero attached hydrogens (tertiary/aromatic N) is 1. The van der Waals surface area contributed by atoms with Crippen LogP contribution in [0.5, 0.6) is 0 Å². The average Bonchev–Trinajstić information content (AvgIpc) is 2.35. The van der Waals surface area contributed by atoms with E-state index in [2.05, 4.69) is 6.92 Å². The van der Waals surface area contributed by atoms with Crippen LogP contribution < -0.4 is 10.6 Å². The number of unbranched alkanes of at least 4 members (excludes halogenated alkanes) is 1. The summed E-state index contributed by atoms with van der Waals surface area (Å²) >= 11 is 0. The van der Waals surface area contributed by atoms with E-state index in [1.807, 2.05) is 23.1 Å². The minimum Gasteiger partial charge on any atom is -0.399 e. The van der Waals surface area contributed by atoms with Crippen molar-refractivity contribution in [3.8, 4) is 0 Å². The molecule has 1 heterocycles. The standard InChI is InChI=1S/C14H20N2O/c1-2-3-6-14(17)16-9-4-5-11-7-8-12(15)10-13(11)16/h7-8,10H,2-6,9,15H2,1H3. The predicted octanol–water partition coefficient (Wildman–Crippen LogP) is 2.74. The van der Waals surface area contributed by atoms with Gasteiger partial charge in [0.2, 0.25) is 5.91 Å². The molecule has 1 aliphatic rings. The lowest BCUT2D eigenvalue weighted by Gasteiger charge is -2.29. The Bertz CT molecular complexity index is 415. The van der Waals surface area contributed by atoms with E-state index in [0.717, 1.165) is 43.6 Å². The lowest BCUT2D eigenvalue weighted by molar-refractivity contribution is -0.118. The van der Waals surface area contributed by atoms with Crippen LogP contribution in [0, 0.1) is 0 Å². The summed E-state index contributed by atoms with van der Waals surface area (Å²) in [6, 6.07) is 5.89. The Morgan fingerprint density at radius 1 is 1.47 bits per heavy atom. The number of nitrogens with two attached hydrogens (primary N) is 1. The molecular formula is C14H20N2O. The van der Waals surface area contributed by atoms with E-state index in [4.69, 9.17) is 5.73 Å². The second-order valence-corrected chi connectivity index (χ2v) is 4.64. The SMILES string of the molecule is CCCCC(=O)N1CCCc2ccc(N)cc21. The normalized spacial score (nSPS) is 14.5. The molecule has 0 spiro atoms. The number of amides is 1. The van der Waals surface area contributed by atoms with Gasteiger partial charge in [0.15, 0.2) is 0 Å². The fourth-order valence-electron chi connectivity index (χ4n) is 2.31. The smallest absolute Gasteiger partial charge is 0.226 e. The van der Waals surface area contributed by atoms with Gasteiger partial charge < -0.3 is 10.6 Å². The molecule has 1 aliphatic heterocycles. The molecular weight excluding hydrogens is 212 g/mol. The van der Waals surface area contributed by atoms with Crippen molar-refractivity contribution in [2.24, 2.45) is 0 Å². The van der Waals surface area contributed by atoms with Crippen LogP contribution in [0.15, 0.2) is 18.2 Å². The van der Waals surface area contributed by atoms with Crippen LogP contribution in [0.4, 0.5) is 11.4 Å². The third-order valence-corrected chi connectivity index (χ3v) is 3.27. The minimum atomic E-state index is 0.235. The molecule has 0 aliphatic carbocycles. The number of carbonyl (C=O) groups excluding carboxylic acids is 1. The molecule has 1 aromatic carbocycles. The summed E-state index contributed by atoms with van der Waals surface area (Å²) < 4.78 is 0. The molecule has 0 unspecified atom stereocenters. The third kappa shape index (κ3) is 2.60. The first-order valence-electron chi connectivity index (χ1n) is 6.41. The molecule has 1 aromatic rings. The first-order valence-corrected chi connectivity index (χ1v) is 6.41. The van der Waals surface area contributed by atoms with Gasteiger partial charge in [0.05, 0.1) is 0 Å². The Morgan fingerprint density at radius 3 is 3.06 bits per heavy atom. The van der Waals surface area contributed by atoms with Gasteiger partial charge in [0.25, 0.3) is 0 Å². The number of carbonyl (C=O) groups is 1. The fraction of sp³-hybridized carbons (Fsp3) is 0.500. The quantitative estimate of drug-likeness (QED) is 0.814. The highest BCUT2D eigenvalue weighted by atomic mass is 16.2. The van der Waals surface area contributed by atoms with E-state index in [1.54, 1.807) is 0 Å². The topological polar surface area (TPSA) is 46.3 Å². The fourth-order valence-corrected chi connectivity index (χ4v) is 2.31. The molecule has 17 heavy (non-hydrogen) atoms. The van der Waals surface area contributed by atoms with Gasteiger partial charge >= 0.3 is 0 Å². The monoisotopic (exact) mass is 232 g/mol. The summed E-state index contributed by atoms with van der Waals surface area (Å²) in [6.45, 7) is 2.94. The molecule has 0 bridgehead atoms. The van der Waals surface area contributed by atoms with Crippen LogP contribution in [0.2, 0.25) is 0 Å². The summed E-state index contributed by atoms with van der Waals surface area (Å²) in [7, 11) is 0. The minimum absolute atomic E-state index is 0.235. The van der Waals surface area contributed by atoms with E-state index in [9.17, 15) is 4.79 Å². The maximum atomic E-state index is 12.1. The number of benzene rings is 1. The largest absolute Gasteiger partial charge is 0.399 e. The van der Waals surface area contributed by atoms with Crippen molar-refractivity contribution in [1.82, 2.24) is 0 Å². The maximum Gasteiger partial charge on any atom is 0.226 e. The molecule has 2 rings (SSSR count). The summed E-state index contributed by atoms with van der Waals surface area (Å²) in [5.74, 6) is 0.235. The molecule has 0 saturated carbocycles. The Kier molecular flexibility index (Phi) is 3.67. The van der Waals surface area contributed by atoms with E-state index < -0.39 is 0 Å². The van der Waals surface area contributed by atoms with Crippen LogP contribution in [-0.4, -0.2) is 12.5 Å². The summed E-state index contributed by atoms with van der Waals surface area (Å²) in [6.07, 6.45) is 4.77. The summed E-state index contributed by atoms with van der Waals surface area (Å²) in [4.78, 5) is 14.0. The molecule has 0 atom stereocenters. The van der Waals surface area contributed by atoms with Gasteiger partial charge in [-0.2, -0.15) is 0 Å². The Morgan fingerprint density at radius 2 is 2.29 bits per heavy atom. The number of anilines is 2. The van der Waals surface area contributed by atoms with Crippen molar-refractivity contribution < 1.29 is 4.79 Å². The molecule has 0 saturated heterocycles. The third-order valence-electron chi connectivity index (χ3n) is 3.27. The van der Waals surface area contributed by atoms with Gasteiger partial charge in [-0.1, -0.05) is 19.4 Å². The summed E-state index contributed by atoms with van der Waals surface area (Å²) in [5, 5.41) is 0. The number of fused-ring (bicyclic) bond motifs is 1. The zero-order valence-electron chi connectivity index (χ0n) is 10.4. The van der Waals surface area contributed by atoms with Crippen LogP contribution >= 0.6 is 0 Å². The van der Waals surface area contributed by atoms with Gasteiger partial charge in [-0.05, 0) is 37.0 Å². The van der Waals surface area contributed by atoms with E-state index in [1.165, 1.54) is 5.56 Å². The van der Waals surface area contributed by atoms with E-state index >= 15 is 0 Å². The highest BCUT2D eigenvalue weighted by molar-refractivity contribution is 5.95. The highest BCUT2D eigenvalue weighted by Crippen LogP contribution is 2.29. The maximum absolute atomic E-state index is 12.1. The van der Waals surface area contributed by atoms with E-state index in [0.29, 0.717) is 6.42 Å². The number of rotatable bonds is 3. The first kappa shape index (κ1) is 12.0. The van der Waals surface area contributed by atoms with Crippen LogP contribution in [0.3, 0.4) is 0 Å². The molecule has 0 aromatic heterocycles. The molecule has 3 heteroatoms. The zero-order chi connectivity index (χ0) is 12.3. The second kappa shape index (κ2) is 5.21. The van der Waals surface area contributed by atoms with Crippen molar-refractivity contribution in [2.75, 3.05) is 17.2 Å². The Labute approximate surface area is 103 Å². The molecule has 1 amide bonds. The van der Waals surface area contributed by atoms with Crippen molar-refractivity contribution in [3.63, 3.8) is 0 Å². The Balaban J connectivity index is 2.21. The number of hydrogen-bond acceptors (Lipinski definition) is 2. The van der Waals surface area contributed by atoms with Gasteiger partial charge in [-0.15, -0.1) is 0 Å². The number of aryl methyl sites for hydroxylation is 1. The Hall–Kier alpha value is -1.51. The molecule has 92 valence electrons. The summed E-state index contributed by atoms with van der Waals surface area (Å²) in [5.41, 5.74) is 8.81. The number of nitrogen functional groups attached to an aromatic ring is 1. The van der Waals surface area contributed by atoms with Gasteiger partial charge in [0, 0.05) is 24.3 Å². The van der Waals surface area contributed by atoms with E-state index in [-0.39, 0.29) is 5.91 Å². The van der Waals surface area contributed by atoms with Crippen molar-refractivity contribution >= 4 is 17.3 Å². The van der Waals surface area contributed by atoms with Crippen LogP contribution in [0.25, 0.3) is 0 Å². The lowest BCUT2D eigenvalue weighted by Crippen LogP contribution is -2.35. The van der Waals surface area contributed by atoms with Crippen molar-refractivity contribution in [2.45, 2.75) is 39.0 Å². The lowest BCUT2D eigenvalue weighted by atomic mass is 10.0. The van der Waals surface area contributed by atoms with Gasteiger partial charge in [0.1, 0.15) is 0 Å². The average molecular weight is 232 g/mol. The van der Waals surface area contributed by atoms with Crippen molar-refractivity contribution in [1.29, 1.82) is 0 Å². The first-order chi connectivity index (χ1) is 8.22. The molecule has 3 nitrogen and oxygen atoms in total. The van der Waals surface area contributed by atoms with Crippen LogP contribution in [0.1, 0.15) is 38.2 Å². The number of hydrogen-bond donors (Lipinski definition) is 1. The van der Waals surface area contributed by atoms with Gasteiger partial charge in [-0.3, -0.25) is 4.79 Å². The zero-order valence-corrected chi connectivity index (χ0v) is 10.4. The molecule has 2 N–H and O–H groups in total.